The van der Waals surface area contributed by atoms with Crippen molar-refractivity contribution < 1.29 is 0 Å². The number of rotatable bonds is 2. The van der Waals surface area contributed by atoms with Crippen molar-refractivity contribution in [2.75, 3.05) is 5.32 Å². The minimum absolute atomic E-state index is 0.720. The minimum Gasteiger partial charge on any atom is -0.353 e. The second kappa shape index (κ2) is 5.11. The van der Waals surface area contributed by atoms with Gasteiger partial charge in [-0.3, -0.25) is 0 Å². The number of nitrogens with one attached hydrogen (secondary N) is 1. The summed E-state index contributed by atoms with van der Waals surface area (Å²) in [5, 5.41) is 4.04. The van der Waals surface area contributed by atoms with E-state index in [-0.39, 0.29) is 0 Å². The molecule has 88 valence electrons. The summed E-state index contributed by atoms with van der Waals surface area (Å²) in [4.78, 5) is 0. The molecule has 0 heterocycles. The molecule has 0 saturated heterocycles. The van der Waals surface area contributed by atoms with E-state index in [0.717, 1.165) is 26.4 Å². The Kier molecular flexibility index (Phi) is 3.75. The van der Waals surface area contributed by atoms with E-state index in [0.29, 0.717) is 0 Å². The fraction of sp³-hybridized carbons (Fsp3) is 0.143. The number of benzene rings is 2. The first-order valence-electron chi connectivity index (χ1n) is 5.35. The van der Waals surface area contributed by atoms with Gasteiger partial charge in [-0.1, -0.05) is 29.3 Å². The Morgan fingerprint density at radius 2 is 1.65 bits per heavy atom. The Morgan fingerprint density at radius 3 is 2.24 bits per heavy atom. The van der Waals surface area contributed by atoms with E-state index in [1.807, 2.05) is 31.2 Å². The molecule has 1 nitrogen and oxygen atoms in total. The lowest BCUT2D eigenvalue weighted by Gasteiger charge is -2.11. The smallest absolute Gasteiger partial charge is 0.0718 e. The lowest BCUT2D eigenvalue weighted by Crippen LogP contribution is -1.93. The van der Waals surface area contributed by atoms with Crippen LogP contribution in [0.25, 0.3) is 0 Å². The second-order valence-corrected chi connectivity index (χ2v) is 5.36. The van der Waals surface area contributed by atoms with Crippen LogP contribution >= 0.6 is 27.5 Å². The third kappa shape index (κ3) is 3.02. The summed E-state index contributed by atoms with van der Waals surface area (Å²) in [6, 6.07) is 12.2. The highest BCUT2D eigenvalue weighted by atomic mass is 79.9. The first-order valence-corrected chi connectivity index (χ1v) is 6.52. The summed E-state index contributed by atoms with van der Waals surface area (Å²) in [5.41, 5.74) is 4.31. The number of aryl methyl sites for hydroxylation is 2. The lowest BCUT2D eigenvalue weighted by molar-refractivity contribution is 1.42. The maximum atomic E-state index is 6.22. The molecule has 0 saturated carbocycles. The van der Waals surface area contributed by atoms with Gasteiger partial charge in [0.05, 0.1) is 10.7 Å². The summed E-state index contributed by atoms with van der Waals surface area (Å²) in [7, 11) is 0. The molecule has 0 aromatic heterocycles. The molecule has 0 aliphatic heterocycles. The van der Waals surface area contributed by atoms with Gasteiger partial charge in [-0.2, -0.15) is 0 Å². The normalized spacial score (nSPS) is 10.4. The molecule has 0 spiro atoms. The van der Waals surface area contributed by atoms with Gasteiger partial charge in [0.2, 0.25) is 0 Å². The van der Waals surface area contributed by atoms with Gasteiger partial charge >= 0.3 is 0 Å². The van der Waals surface area contributed by atoms with Crippen LogP contribution in [-0.4, -0.2) is 0 Å². The Morgan fingerprint density at radius 1 is 1.00 bits per heavy atom. The molecule has 0 aliphatic rings. The van der Waals surface area contributed by atoms with Crippen molar-refractivity contribution in [3.63, 3.8) is 0 Å². The average Bonchev–Trinajstić information content (AvgIpc) is 2.26. The molecule has 0 radical (unpaired) electrons. The van der Waals surface area contributed by atoms with E-state index in [1.165, 1.54) is 5.56 Å². The highest BCUT2D eigenvalue weighted by molar-refractivity contribution is 9.10. The molecule has 17 heavy (non-hydrogen) atoms. The summed E-state index contributed by atoms with van der Waals surface area (Å²) in [6.07, 6.45) is 0. The zero-order valence-electron chi connectivity index (χ0n) is 9.72. The summed E-state index contributed by atoms with van der Waals surface area (Å²) < 4.78 is 0.975. The monoisotopic (exact) mass is 309 g/mol. The molecular formula is C14H13BrClN. The van der Waals surface area contributed by atoms with Crippen LogP contribution in [0.4, 0.5) is 11.4 Å². The molecule has 2 aromatic carbocycles. The van der Waals surface area contributed by atoms with Gasteiger partial charge in [0.1, 0.15) is 0 Å². The maximum absolute atomic E-state index is 6.22. The van der Waals surface area contributed by atoms with Crippen LogP contribution in [0.15, 0.2) is 40.9 Å². The van der Waals surface area contributed by atoms with Crippen molar-refractivity contribution in [2.24, 2.45) is 0 Å². The predicted molar refractivity (Wildman–Crippen MR) is 78.4 cm³/mol. The maximum Gasteiger partial charge on any atom is 0.0718 e. The minimum atomic E-state index is 0.720. The van der Waals surface area contributed by atoms with Gasteiger partial charge in [-0.05, 0) is 59.6 Å². The predicted octanol–water partition coefficient (Wildman–Crippen LogP) is 5.46. The molecule has 0 atom stereocenters. The highest BCUT2D eigenvalue weighted by Gasteiger charge is 2.06. The number of hydrogen-bond donors (Lipinski definition) is 1. The number of hydrogen-bond acceptors (Lipinski definition) is 1. The SMILES string of the molecule is Cc1ccc(Nc2c(Cl)cc(C)cc2Br)cc1. The van der Waals surface area contributed by atoms with E-state index in [1.54, 1.807) is 0 Å². The fourth-order valence-electron chi connectivity index (χ4n) is 1.60. The van der Waals surface area contributed by atoms with Gasteiger partial charge in [0.15, 0.2) is 0 Å². The molecule has 1 N–H and O–H groups in total. The van der Waals surface area contributed by atoms with Gasteiger partial charge in [0, 0.05) is 10.2 Å². The van der Waals surface area contributed by atoms with Crippen molar-refractivity contribution in [2.45, 2.75) is 13.8 Å². The van der Waals surface area contributed by atoms with Crippen molar-refractivity contribution in [1.29, 1.82) is 0 Å². The molecule has 2 aromatic rings. The van der Waals surface area contributed by atoms with Crippen LogP contribution in [0.1, 0.15) is 11.1 Å². The zero-order valence-corrected chi connectivity index (χ0v) is 12.1. The van der Waals surface area contributed by atoms with E-state index < -0.39 is 0 Å². The third-order valence-corrected chi connectivity index (χ3v) is 3.43. The summed E-state index contributed by atoms with van der Waals surface area (Å²) in [6.45, 7) is 4.09. The molecule has 0 unspecified atom stereocenters. The Bertz CT molecular complexity index is 511. The molecule has 0 amide bonds. The molecule has 2 rings (SSSR count). The van der Waals surface area contributed by atoms with Crippen molar-refractivity contribution in [3.05, 3.63) is 57.0 Å². The summed E-state index contributed by atoms with van der Waals surface area (Å²) in [5.74, 6) is 0. The van der Waals surface area contributed by atoms with Crippen LogP contribution in [0, 0.1) is 13.8 Å². The summed E-state index contributed by atoms with van der Waals surface area (Å²) >= 11 is 9.75. The van der Waals surface area contributed by atoms with E-state index in [2.05, 4.69) is 40.3 Å². The molecule has 0 bridgehead atoms. The van der Waals surface area contributed by atoms with Crippen LogP contribution in [-0.2, 0) is 0 Å². The quantitative estimate of drug-likeness (QED) is 0.776. The number of halogens is 2. The largest absolute Gasteiger partial charge is 0.353 e. The van der Waals surface area contributed by atoms with E-state index >= 15 is 0 Å². The Labute approximate surface area is 115 Å². The van der Waals surface area contributed by atoms with Crippen LogP contribution in [0.5, 0.6) is 0 Å². The average molecular weight is 311 g/mol. The zero-order chi connectivity index (χ0) is 12.4. The highest BCUT2D eigenvalue weighted by Crippen LogP contribution is 2.34. The van der Waals surface area contributed by atoms with Gasteiger partial charge < -0.3 is 5.32 Å². The Balaban J connectivity index is 2.33. The molecular weight excluding hydrogens is 298 g/mol. The third-order valence-electron chi connectivity index (χ3n) is 2.51. The van der Waals surface area contributed by atoms with E-state index in [4.69, 9.17) is 11.6 Å². The lowest BCUT2D eigenvalue weighted by atomic mass is 10.2. The van der Waals surface area contributed by atoms with Crippen molar-refractivity contribution in [1.82, 2.24) is 0 Å². The van der Waals surface area contributed by atoms with Gasteiger partial charge in [0.25, 0.3) is 0 Å². The van der Waals surface area contributed by atoms with Gasteiger partial charge in [-0.25, -0.2) is 0 Å². The van der Waals surface area contributed by atoms with Crippen LogP contribution < -0.4 is 5.32 Å². The Hall–Kier alpha value is -0.990. The standard InChI is InChI=1S/C14H13BrClN/c1-9-3-5-11(6-4-9)17-14-12(15)7-10(2)8-13(14)16/h3-8,17H,1-2H3. The fourth-order valence-corrected chi connectivity index (χ4v) is 2.71. The van der Waals surface area contributed by atoms with Crippen LogP contribution in [0.2, 0.25) is 5.02 Å². The van der Waals surface area contributed by atoms with Gasteiger partial charge in [-0.15, -0.1) is 0 Å². The molecule has 3 heteroatoms. The van der Waals surface area contributed by atoms with Crippen molar-refractivity contribution >= 4 is 38.9 Å². The first kappa shape index (κ1) is 12.5. The first-order chi connectivity index (χ1) is 8.06. The van der Waals surface area contributed by atoms with Crippen LogP contribution in [0.3, 0.4) is 0 Å². The van der Waals surface area contributed by atoms with Crippen molar-refractivity contribution in [3.8, 4) is 0 Å². The molecule has 0 fully saturated rings. The van der Waals surface area contributed by atoms with E-state index in [9.17, 15) is 0 Å². The topological polar surface area (TPSA) is 12.0 Å². The molecule has 0 aliphatic carbocycles. The second-order valence-electron chi connectivity index (χ2n) is 4.09. The number of anilines is 2.